The molecule has 1 heterocycles. The summed E-state index contributed by atoms with van der Waals surface area (Å²) in [6.07, 6.45) is 0. The Kier molecular flexibility index (Phi) is 6.33. The van der Waals surface area contributed by atoms with Crippen LogP contribution in [0.5, 0.6) is 0 Å². The molecule has 1 N–H and O–H groups in total. The van der Waals surface area contributed by atoms with Crippen molar-refractivity contribution in [2.75, 3.05) is 39.3 Å². The zero-order chi connectivity index (χ0) is 15.4. The van der Waals surface area contributed by atoms with Crippen LogP contribution in [0.1, 0.15) is 25.5 Å². The molecule has 1 aliphatic heterocycles. The molecule has 1 unspecified atom stereocenters. The van der Waals surface area contributed by atoms with Gasteiger partial charge in [-0.3, -0.25) is 4.90 Å². The second-order valence-corrected chi connectivity index (χ2v) is 6.92. The molecule has 21 heavy (non-hydrogen) atoms. The van der Waals surface area contributed by atoms with Crippen LogP contribution in [0, 0.1) is 5.92 Å². The number of halogens is 2. The van der Waals surface area contributed by atoms with Crippen molar-refractivity contribution >= 4 is 23.2 Å². The summed E-state index contributed by atoms with van der Waals surface area (Å²) in [4.78, 5) is 4.82. The lowest BCUT2D eigenvalue weighted by Gasteiger charge is -2.39. The molecule has 0 radical (unpaired) electrons. The van der Waals surface area contributed by atoms with Gasteiger partial charge in [-0.25, -0.2) is 0 Å². The maximum Gasteiger partial charge on any atom is 0.0628 e. The zero-order valence-corrected chi connectivity index (χ0v) is 14.2. The number of nitrogens with zero attached hydrogens (tertiary/aromatic N) is 2. The molecule has 5 heteroatoms. The van der Waals surface area contributed by atoms with Gasteiger partial charge in [-0.1, -0.05) is 43.1 Å². The van der Waals surface area contributed by atoms with Crippen LogP contribution in [0.15, 0.2) is 18.2 Å². The third-order valence-electron chi connectivity index (χ3n) is 3.97. The zero-order valence-electron chi connectivity index (χ0n) is 12.7. The van der Waals surface area contributed by atoms with Crippen molar-refractivity contribution in [3.8, 4) is 0 Å². The average molecular weight is 331 g/mol. The van der Waals surface area contributed by atoms with Gasteiger partial charge in [-0.05, 0) is 23.6 Å². The van der Waals surface area contributed by atoms with E-state index in [9.17, 15) is 5.11 Å². The van der Waals surface area contributed by atoms with Crippen LogP contribution in [0.4, 0.5) is 0 Å². The van der Waals surface area contributed by atoms with Crippen LogP contribution in [-0.4, -0.2) is 54.2 Å². The van der Waals surface area contributed by atoms with Crippen molar-refractivity contribution in [3.63, 3.8) is 0 Å². The molecule has 1 aromatic carbocycles. The Hall–Kier alpha value is -0.320. The Balaban J connectivity index is 2.00. The molecule has 1 fully saturated rings. The van der Waals surface area contributed by atoms with Gasteiger partial charge >= 0.3 is 0 Å². The largest absolute Gasteiger partial charge is 0.394 e. The molecule has 1 saturated heterocycles. The second kappa shape index (κ2) is 7.80. The first-order valence-corrected chi connectivity index (χ1v) is 8.29. The molecule has 0 aromatic heterocycles. The van der Waals surface area contributed by atoms with Crippen molar-refractivity contribution < 1.29 is 5.11 Å². The summed E-state index contributed by atoms with van der Waals surface area (Å²) in [6.45, 7) is 9.78. The Morgan fingerprint density at radius 1 is 1.10 bits per heavy atom. The monoisotopic (exact) mass is 330 g/mol. The minimum Gasteiger partial charge on any atom is -0.394 e. The topological polar surface area (TPSA) is 26.7 Å². The van der Waals surface area contributed by atoms with E-state index in [0.29, 0.717) is 16.0 Å². The number of aliphatic hydroxyl groups is 1. The van der Waals surface area contributed by atoms with Gasteiger partial charge < -0.3 is 10.0 Å². The average Bonchev–Trinajstić information content (AvgIpc) is 2.45. The summed E-state index contributed by atoms with van der Waals surface area (Å²) in [5.41, 5.74) is 1.03. The third kappa shape index (κ3) is 4.57. The van der Waals surface area contributed by atoms with E-state index >= 15 is 0 Å². The van der Waals surface area contributed by atoms with Crippen molar-refractivity contribution in [2.24, 2.45) is 5.92 Å². The number of hydrogen-bond acceptors (Lipinski definition) is 3. The lowest BCUT2D eigenvalue weighted by Crippen LogP contribution is -2.49. The van der Waals surface area contributed by atoms with Crippen LogP contribution in [0.2, 0.25) is 10.0 Å². The predicted octanol–water partition coefficient (Wildman–Crippen LogP) is 3.30. The molecule has 1 aromatic rings. The third-order valence-corrected chi connectivity index (χ3v) is 4.71. The number of hydrogen-bond donors (Lipinski definition) is 1. The SMILES string of the molecule is CC(C)CN1CCN(C(CO)c2ccc(Cl)c(Cl)c2)CC1. The van der Waals surface area contributed by atoms with Gasteiger partial charge in [0.05, 0.1) is 22.7 Å². The highest BCUT2D eigenvalue weighted by atomic mass is 35.5. The van der Waals surface area contributed by atoms with Gasteiger partial charge in [0, 0.05) is 32.7 Å². The van der Waals surface area contributed by atoms with Gasteiger partial charge in [0.2, 0.25) is 0 Å². The minimum absolute atomic E-state index is 0.000895. The quantitative estimate of drug-likeness (QED) is 0.897. The van der Waals surface area contributed by atoms with E-state index in [1.54, 1.807) is 6.07 Å². The van der Waals surface area contributed by atoms with Crippen LogP contribution >= 0.6 is 23.2 Å². The molecule has 118 valence electrons. The first-order valence-electron chi connectivity index (χ1n) is 7.53. The first kappa shape index (κ1) is 17.0. The highest BCUT2D eigenvalue weighted by molar-refractivity contribution is 6.42. The maximum atomic E-state index is 9.77. The highest BCUT2D eigenvalue weighted by Gasteiger charge is 2.25. The molecule has 1 aliphatic rings. The van der Waals surface area contributed by atoms with Gasteiger partial charge in [0.15, 0.2) is 0 Å². The van der Waals surface area contributed by atoms with Gasteiger partial charge in [-0.15, -0.1) is 0 Å². The summed E-state index contributed by atoms with van der Waals surface area (Å²) in [7, 11) is 0. The Morgan fingerprint density at radius 2 is 1.76 bits per heavy atom. The minimum atomic E-state index is 0.000895. The molecular formula is C16H24Cl2N2O. The fourth-order valence-electron chi connectivity index (χ4n) is 2.93. The summed E-state index contributed by atoms with van der Waals surface area (Å²) in [6, 6.07) is 5.62. The molecule has 0 saturated carbocycles. The molecule has 0 bridgehead atoms. The van der Waals surface area contributed by atoms with E-state index in [1.165, 1.54) is 0 Å². The molecule has 0 spiro atoms. The normalized spacial score (nSPS) is 19.1. The Morgan fingerprint density at radius 3 is 2.29 bits per heavy atom. The van der Waals surface area contributed by atoms with Gasteiger partial charge in [0.1, 0.15) is 0 Å². The van der Waals surface area contributed by atoms with Gasteiger partial charge in [-0.2, -0.15) is 0 Å². The molecular weight excluding hydrogens is 307 g/mol. The van der Waals surface area contributed by atoms with E-state index in [-0.39, 0.29) is 12.6 Å². The standard InChI is InChI=1S/C16H24Cl2N2O/c1-12(2)10-19-5-7-20(8-6-19)16(11-21)13-3-4-14(17)15(18)9-13/h3-4,9,12,16,21H,5-8,10-11H2,1-2H3. The fraction of sp³-hybridized carbons (Fsp3) is 0.625. The molecule has 0 aliphatic carbocycles. The van der Waals surface area contributed by atoms with Crippen LogP contribution in [0.25, 0.3) is 0 Å². The maximum absolute atomic E-state index is 9.77. The molecule has 2 rings (SSSR count). The van der Waals surface area contributed by atoms with Crippen molar-refractivity contribution in [3.05, 3.63) is 33.8 Å². The Labute approximate surface area is 137 Å². The van der Waals surface area contributed by atoms with Crippen LogP contribution in [0.3, 0.4) is 0 Å². The van der Waals surface area contributed by atoms with Crippen molar-refractivity contribution in [1.82, 2.24) is 9.80 Å². The first-order chi connectivity index (χ1) is 10.0. The van der Waals surface area contributed by atoms with Crippen molar-refractivity contribution in [2.45, 2.75) is 19.9 Å². The summed E-state index contributed by atoms with van der Waals surface area (Å²) >= 11 is 12.1. The summed E-state index contributed by atoms with van der Waals surface area (Å²) in [5.74, 6) is 0.695. The van der Waals surface area contributed by atoms with E-state index < -0.39 is 0 Å². The highest BCUT2D eigenvalue weighted by Crippen LogP contribution is 2.28. The summed E-state index contributed by atoms with van der Waals surface area (Å²) < 4.78 is 0. The molecule has 1 atom stereocenters. The lowest BCUT2D eigenvalue weighted by molar-refractivity contribution is 0.0606. The number of piperazine rings is 1. The Bertz CT molecular complexity index is 460. The lowest BCUT2D eigenvalue weighted by atomic mass is 10.0. The van der Waals surface area contributed by atoms with Crippen LogP contribution < -0.4 is 0 Å². The van der Waals surface area contributed by atoms with E-state index in [0.717, 1.165) is 38.3 Å². The van der Waals surface area contributed by atoms with E-state index in [1.807, 2.05) is 12.1 Å². The van der Waals surface area contributed by atoms with Gasteiger partial charge in [0.25, 0.3) is 0 Å². The second-order valence-electron chi connectivity index (χ2n) is 6.10. The predicted molar refractivity (Wildman–Crippen MR) is 89.1 cm³/mol. The number of aliphatic hydroxyl groups excluding tert-OH is 1. The fourth-order valence-corrected chi connectivity index (χ4v) is 3.23. The van der Waals surface area contributed by atoms with E-state index in [4.69, 9.17) is 23.2 Å². The molecule has 3 nitrogen and oxygen atoms in total. The summed E-state index contributed by atoms with van der Waals surface area (Å²) in [5, 5.41) is 10.9. The molecule has 0 amide bonds. The smallest absolute Gasteiger partial charge is 0.0628 e. The number of benzene rings is 1. The van der Waals surface area contributed by atoms with E-state index in [2.05, 4.69) is 23.6 Å². The number of rotatable bonds is 5. The van der Waals surface area contributed by atoms with Crippen molar-refractivity contribution in [1.29, 1.82) is 0 Å². The van der Waals surface area contributed by atoms with Crippen LogP contribution in [-0.2, 0) is 0 Å².